The third-order valence-corrected chi connectivity index (χ3v) is 3.12. The van der Waals surface area contributed by atoms with E-state index in [2.05, 4.69) is 0 Å². The SMILES string of the molecule is CC[C@H](C)[C@H](N)C(=O)N(CC(=O)O)C1CC1. The largest absolute Gasteiger partial charge is 0.480 e. The highest BCUT2D eigenvalue weighted by molar-refractivity contribution is 5.86. The molecule has 0 bridgehead atoms. The first-order chi connectivity index (χ1) is 7.47. The molecule has 1 amide bonds. The van der Waals surface area contributed by atoms with Crippen molar-refractivity contribution in [2.24, 2.45) is 11.7 Å². The quantitative estimate of drug-likeness (QED) is 0.690. The lowest BCUT2D eigenvalue weighted by Gasteiger charge is -2.26. The van der Waals surface area contributed by atoms with Crippen molar-refractivity contribution in [3.05, 3.63) is 0 Å². The second kappa shape index (κ2) is 5.30. The molecule has 1 fully saturated rings. The van der Waals surface area contributed by atoms with E-state index in [9.17, 15) is 9.59 Å². The molecule has 92 valence electrons. The Balaban J connectivity index is 2.63. The zero-order valence-corrected chi connectivity index (χ0v) is 9.85. The van der Waals surface area contributed by atoms with Crippen molar-refractivity contribution in [2.45, 2.75) is 45.2 Å². The molecule has 0 aromatic carbocycles. The first-order valence-corrected chi connectivity index (χ1v) is 5.75. The lowest BCUT2D eigenvalue weighted by Crippen LogP contribution is -2.49. The smallest absolute Gasteiger partial charge is 0.323 e. The fraction of sp³-hybridized carbons (Fsp3) is 0.818. The van der Waals surface area contributed by atoms with Gasteiger partial charge in [0.05, 0.1) is 6.04 Å². The molecule has 2 atom stereocenters. The number of carboxylic acid groups (broad SMARTS) is 1. The average Bonchev–Trinajstić information content (AvgIpc) is 3.06. The predicted molar refractivity (Wildman–Crippen MR) is 59.8 cm³/mol. The Hall–Kier alpha value is -1.10. The number of carbonyl (C=O) groups is 2. The van der Waals surface area contributed by atoms with E-state index in [1.807, 2.05) is 13.8 Å². The van der Waals surface area contributed by atoms with Crippen molar-refractivity contribution in [1.82, 2.24) is 4.90 Å². The van der Waals surface area contributed by atoms with Gasteiger partial charge < -0.3 is 15.7 Å². The third kappa shape index (κ3) is 3.20. The van der Waals surface area contributed by atoms with Gasteiger partial charge in [0, 0.05) is 6.04 Å². The van der Waals surface area contributed by atoms with Crippen LogP contribution in [0.3, 0.4) is 0 Å². The number of hydrogen-bond donors (Lipinski definition) is 2. The molecule has 0 heterocycles. The van der Waals surface area contributed by atoms with Crippen LogP contribution in [0.25, 0.3) is 0 Å². The lowest BCUT2D eigenvalue weighted by molar-refractivity contribution is -0.146. The molecular weight excluding hydrogens is 208 g/mol. The van der Waals surface area contributed by atoms with Gasteiger partial charge in [-0.25, -0.2) is 0 Å². The molecule has 0 radical (unpaired) electrons. The van der Waals surface area contributed by atoms with Crippen molar-refractivity contribution in [1.29, 1.82) is 0 Å². The molecule has 0 unspecified atom stereocenters. The van der Waals surface area contributed by atoms with Gasteiger partial charge in [0.15, 0.2) is 0 Å². The maximum atomic E-state index is 12.0. The van der Waals surface area contributed by atoms with Crippen LogP contribution in [0.5, 0.6) is 0 Å². The van der Waals surface area contributed by atoms with Gasteiger partial charge in [-0.15, -0.1) is 0 Å². The van der Waals surface area contributed by atoms with Crippen molar-refractivity contribution < 1.29 is 14.7 Å². The van der Waals surface area contributed by atoms with Gasteiger partial charge in [-0.1, -0.05) is 20.3 Å². The molecule has 1 aliphatic carbocycles. The summed E-state index contributed by atoms with van der Waals surface area (Å²) in [5.74, 6) is -1.11. The highest BCUT2D eigenvalue weighted by atomic mass is 16.4. The highest BCUT2D eigenvalue weighted by Gasteiger charge is 2.36. The van der Waals surface area contributed by atoms with Gasteiger partial charge in [0.1, 0.15) is 6.54 Å². The van der Waals surface area contributed by atoms with E-state index in [4.69, 9.17) is 10.8 Å². The van der Waals surface area contributed by atoms with Gasteiger partial charge in [0.25, 0.3) is 0 Å². The average molecular weight is 228 g/mol. The van der Waals surface area contributed by atoms with Crippen LogP contribution in [0, 0.1) is 5.92 Å². The first-order valence-electron chi connectivity index (χ1n) is 5.75. The van der Waals surface area contributed by atoms with Crippen LogP contribution in [0.1, 0.15) is 33.1 Å². The normalized spacial score (nSPS) is 18.9. The second-order valence-electron chi connectivity index (χ2n) is 4.50. The van der Waals surface area contributed by atoms with Gasteiger partial charge in [-0.05, 0) is 18.8 Å². The molecular formula is C11H20N2O3. The van der Waals surface area contributed by atoms with Crippen molar-refractivity contribution in [2.75, 3.05) is 6.54 Å². The minimum atomic E-state index is -0.975. The van der Waals surface area contributed by atoms with E-state index >= 15 is 0 Å². The summed E-state index contributed by atoms with van der Waals surface area (Å²) in [6, 6.07) is -0.483. The molecule has 3 N–H and O–H groups in total. The van der Waals surface area contributed by atoms with Crippen LogP contribution in [0.2, 0.25) is 0 Å². The molecule has 1 aliphatic rings. The predicted octanol–water partition coefficient (Wildman–Crippen LogP) is 0.435. The summed E-state index contributed by atoms with van der Waals surface area (Å²) < 4.78 is 0. The zero-order valence-electron chi connectivity index (χ0n) is 9.85. The fourth-order valence-electron chi connectivity index (χ4n) is 1.61. The van der Waals surface area contributed by atoms with Crippen LogP contribution in [-0.2, 0) is 9.59 Å². The Morgan fingerprint density at radius 3 is 2.44 bits per heavy atom. The Morgan fingerprint density at radius 1 is 1.50 bits per heavy atom. The first kappa shape index (κ1) is 13.0. The minimum absolute atomic E-state index is 0.0857. The number of nitrogens with zero attached hydrogens (tertiary/aromatic N) is 1. The number of rotatable bonds is 6. The fourth-order valence-corrected chi connectivity index (χ4v) is 1.61. The highest BCUT2D eigenvalue weighted by Crippen LogP contribution is 2.27. The summed E-state index contributed by atoms with van der Waals surface area (Å²) >= 11 is 0. The van der Waals surface area contributed by atoms with E-state index < -0.39 is 12.0 Å². The molecule has 5 heteroatoms. The number of nitrogens with two attached hydrogens (primary N) is 1. The zero-order chi connectivity index (χ0) is 12.3. The summed E-state index contributed by atoms with van der Waals surface area (Å²) in [6.07, 6.45) is 2.61. The topological polar surface area (TPSA) is 83.6 Å². The van der Waals surface area contributed by atoms with Crippen LogP contribution in [-0.4, -0.2) is 40.5 Å². The number of carbonyl (C=O) groups excluding carboxylic acids is 1. The number of aliphatic carboxylic acids is 1. The summed E-state index contributed by atoms with van der Waals surface area (Å²) in [4.78, 5) is 24.1. The summed E-state index contributed by atoms with van der Waals surface area (Å²) in [5, 5.41) is 8.75. The van der Waals surface area contributed by atoms with Gasteiger partial charge in [-0.2, -0.15) is 0 Å². The van der Waals surface area contributed by atoms with Gasteiger partial charge in [0.2, 0.25) is 5.91 Å². The molecule has 0 spiro atoms. The minimum Gasteiger partial charge on any atom is -0.480 e. The van der Waals surface area contributed by atoms with E-state index in [-0.39, 0.29) is 24.4 Å². The molecule has 0 saturated heterocycles. The molecule has 5 nitrogen and oxygen atoms in total. The molecule has 0 aromatic rings. The monoisotopic (exact) mass is 228 g/mol. The van der Waals surface area contributed by atoms with Crippen molar-refractivity contribution in [3.63, 3.8) is 0 Å². The molecule has 0 aliphatic heterocycles. The third-order valence-electron chi connectivity index (χ3n) is 3.12. The standard InChI is InChI=1S/C11H20N2O3/c1-3-7(2)10(12)11(16)13(6-9(14)15)8-4-5-8/h7-8,10H,3-6,12H2,1-2H3,(H,14,15)/t7-,10-/m0/s1. The van der Waals surface area contributed by atoms with Crippen LogP contribution in [0.4, 0.5) is 0 Å². The maximum Gasteiger partial charge on any atom is 0.323 e. The van der Waals surface area contributed by atoms with Crippen LogP contribution < -0.4 is 5.73 Å². The van der Waals surface area contributed by atoms with E-state index in [1.54, 1.807) is 0 Å². The lowest BCUT2D eigenvalue weighted by atomic mass is 9.99. The van der Waals surface area contributed by atoms with E-state index in [1.165, 1.54) is 4.90 Å². The number of hydrogen-bond acceptors (Lipinski definition) is 3. The second-order valence-corrected chi connectivity index (χ2v) is 4.50. The van der Waals surface area contributed by atoms with E-state index in [0.29, 0.717) is 0 Å². The number of amides is 1. The number of carboxylic acids is 1. The summed E-state index contributed by atoms with van der Waals surface area (Å²) in [6.45, 7) is 3.65. The Kier molecular flexibility index (Phi) is 4.29. The molecule has 1 saturated carbocycles. The maximum absolute atomic E-state index is 12.0. The van der Waals surface area contributed by atoms with Crippen LogP contribution >= 0.6 is 0 Å². The van der Waals surface area contributed by atoms with Gasteiger partial charge >= 0.3 is 5.97 Å². The molecule has 0 aromatic heterocycles. The Labute approximate surface area is 95.6 Å². The van der Waals surface area contributed by atoms with Crippen molar-refractivity contribution >= 4 is 11.9 Å². The van der Waals surface area contributed by atoms with Crippen molar-refractivity contribution in [3.8, 4) is 0 Å². The summed E-state index contributed by atoms with van der Waals surface area (Å²) in [5.41, 5.74) is 5.83. The van der Waals surface area contributed by atoms with Gasteiger partial charge in [-0.3, -0.25) is 9.59 Å². The van der Waals surface area contributed by atoms with Crippen LogP contribution in [0.15, 0.2) is 0 Å². The summed E-state index contributed by atoms with van der Waals surface area (Å²) in [7, 11) is 0. The molecule has 1 rings (SSSR count). The Morgan fingerprint density at radius 2 is 2.06 bits per heavy atom. The Bertz CT molecular complexity index is 276. The molecule has 16 heavy (non-hydrogen) atoms. The van der Waals surface area contributed by atoms with E-state index in [0.717, 1.165) is 19.3 Å².